The molecule has 0 heterocycles. The number of carbonyl (C=O) groups is 3. The third kappa shape index (κ3) is 11.9. The number of hydrogen-bond donors (Lipinski definition) is 0. The standard InChI is InChI=1S/C35H31F5O7S.C5H8O/c1-4-48-32-27(34(36,37)35(38,39)40)7-5-8-29(32)46-31(41)16-10-22-9-15-28(30(19-22)44-3)47-33(42)25-12-11-24-21-26(14-13-23(24)20-25)45-18-6-17-43-2;1-3-5(2)4-6/h5,7-16,19-21H,4,6,17-18H2,1-3H3;4H,2-3H2,1H3/b16-10+;. The topological polar surface area (TPSA) is 97.4 Å². The van der Waals surface area contributed by atoms with Gasteiger partial charge in [0.05, 0.1) is 24.2 Å². The highest BCUT2D eigenvalue weighted by Crippen LogP contribution is 2.49. The van der Waals surface area contributed by atoms with Crippen LogP contribution in [0.5, 0.6) is 23.0 Å². The second kappa shape index (κ2) is 20.3. The molecular formula is C40H39F5O8S. The van der Waals surface area contributed by atoms with E-state index in [2.05, 4.69) is 6.58 Å². The van der Waals surface area contributed by atoms with Gasteiger partial charge in [-0.15, -0.1) is 11.8 Å². The molecule has 0 aliphatic heterocycles. The van der Waals surface area contributed by atoms with Crippen molar-refractivity contribution in [1.82, 2.24) is 0 Å². The molecule has 14 heteroatoms. The van der Waals surface area contributed by atoms with Crippen molar-refractivity contribution in [2.24, 2.45) is 0 Å². The number of alkyl halides is 5. The van der Waals surface area contributed by atoms with Crippen molar-refractivity contribution in [1.29, 1.82) is 0 Å². The van der Waals surface area contributed by atoms with Crippen molar-refractivity contribution in [2.45, 2.75) is 43.7 Å². The summed E-state index contributed by atoms with van der Waals surface area (Å²) in [4.78, 5) is 34.7. The lowest BCUT2D eigenvalue weighted by molar-refractivity contribution is -0.290. The molecule has 0 atom stereocenters. The Morgan fingerprint density at radius 3 is 2.19 bits per heavy atom. The second-order valence-electron chi connectivity index (χ2n) is 11.2. The van der Waals surface area contributed by atoms with E-state index in [1.165, 1.54) is 31.4 Å². The Bertz CT molecular complexity index is 1960. The molecule has 0 aliphatic rings. The van der Waals surface area contributed by atoms with Crippen molar-refractivity contribution in [3.8, 4) is 23.0 Å². The minimum Gasteiger partial charge on any atom is -0.493 e. The van der Waals surface area contributed by atoms with Crippen LogP contribution in [0.4, 0.5) is 22.0 Å². The monoisotopic (exact) mass is 774 g/mol. The van der Waals surface area contributed by atoms with Gasteiger partial charge in [0.15, 0.2) is 11.5 Å². The first-order chi connectivity index (χ1) is 25.7. The van der Waals surface area contributed by atoms with Crippen LogP contribution in [0, 0.1) is 0 Å². The lowest BCUT2D eigenvalue weighted by atomic mass is 10.1. The van der Waals surface area contributed by atoms with Crippen molar-refractivity contribution in [2.75, 3.05) is 33.2 Å². The van der Waals surface area contributed by atoms with E-state index in [4.69, 9.17) is 23.7 Å². The zero-order valence-electron chi connectivity index (χ0n) is 30.0. The molecule has 4 aromatic carbocycles. The normalized spacial score (nSPS) is 11.4. The zero-order chi connectivity index (χ0) is 39.9. The minimum absolute atomic E-state index is 0.103. The third-order valence-electron chi connectivity index (χ3n) is 7.40. The smallest absolute Gasteiger partial charge is 0.458 e. The number of esters is 2. The molecule has 8 nitrogen and oxygen atoms in total. The highest BCUT2D eigenvalue weighted by Gasteiger charge is 2.59. The predicted octanol–water partition coefficient (Wildman–Crippen LogP) is 10.0. The van der Waals surface area contributed by atoms with Crippen LogP contribution in [0.15, 0.2) is 95.9 Å². The number of ether oxygens (including phenoxy) is 5. The maximum Gasteiger partial charge on any atom is 0.458 e. The first-order valence-corrected chi connectivity index (χ1v) is 17.5. The predicted molar refractivity (Wildman–Crippen MR) is 197 cm³/mol. The summed E-state index contributed by atoms with van der Waals surface area (Å²) in [6, 6.07) is 17.8. The minimum atomic E-state index is -5.84. The second-order valence-corrected chi connectivity index (χ2v) is 12.5. The number of benzene rings is 4. The summed E-state index contributed by atoms with van der Waals surface area (Å²) in [5, 5.41) is 1.67. The number of carbonyl (C=O) groups excluding carboxylic acids is 3. The van der Waals surface area contributed by atoms with E-state index >= 15 is 0 Å². The third-order valence-corrected chi connectivity index (χ3v) is 8.40. The Labute approximate surface area is 313 Å². The summed E-state index contributed by atoms with van der Waals surface area (Å²) < 4.78 is 94.5. The Morgan fingerprint density at radius 1 is 0.833 bits per heavy atom. The average molecular weight is 775 g/mol. The highest BCUT2D eigenvalue weighted by atomic mass is 32.2. The van der Waals surface area contributed by atoms with Crippen LogP contribution < -0.4 is 18.9 Å². The van der Waals surface area contributed by atoms with Crippen LogP contribution in [-0.4, -0.2) is 57.6 Å². The number of halogens is 5. The molecule has 4 rings (SSSR count). The Balaban J connectivity index is 0.00000120. The van der Waals surface area contributed by atoms with Gasteiger partial charge in [-0.05, 0) is 82.6 Å². The van der Waals surface area contributed by atoms with Crippen LogP contribution in [0.1, 0.15) is 48.2 Å². The van der Waals surface area contributed by atoms with Crippen molar-refractivity contribution >= 4 is 46.8 Å². The fraction of sp³-hybridized carbons (Fsp3) is 0.275. The van der Waals surface area contributed by atoms with E-state index in [0.29, 0.717) is 53.5 Å². The van der Waals surface area contributed by atoms with Crippen LogP contribution in [-0.2, 0) is 20.2 Å². The Hall–Kier alpha value is -5.21. The number of thioether (sulfide) groups is 1. The van der Waals surface area contributed by atoms with Gasteiger partial charge >= 0.3 is 24.0 Å². The van der Waals surface area contributed by atoms with Crippen molar-refractivity contribution < 1.29 is 60.0 Å². The van der Waals surface area contributed by atoms with Crippen molar-refractivity contribution in [3.05, 3.63) is 108 Å². The molecule has 0 saturated carbocycles. The SMILES string of the molecule is C=C(C=O)CC.CCSc1c(OC(=O)/C=C/c2ccc(OC(=O)c3ccc4cc(OCCCOC)ccc4c3)c(OC)c2)cccc1C(F)(F)C(F)(F)F. The summed E-state index contributed by atoms with van der Waals surface area (Å²) in [6.45, 7) is 7.99. The molecule has 0 unspecified atom stereocenters. The van der Waals surface area contributed by atoms with Gasteiger partial charge in [-0.1, -0.05) is 50.8 Å². The van der Waals surface area contributed by atoms with Gasteiger partial charge in [-0.3, -0.25) is 4.79 Å². The first-order valence-electron chi connectivity index (χ1n) is 16.5. The highest BCUT2D eigenvalue weighted by molar-refractivity contribution is 7.99. The van der Waals surface area contributed by atoms with E-state index in [1.807, 2.05) is 25.1 Å². The van der Waals surface area contributed by atoms with Gasteiger partial charge in [0, 0.05) is 31.8 Å². The number of allylic oxidation sites excluding steroid dienone is 1. The van der Waals surface area contributed by atoms with Crippen molar-refractivity contribution in [3.63, 3.8) is 0 Å². The van der Waals surface area contributed by atoms with Crippen LogP contribution in [0.3, 0.4) is 0 Å². The van der Waals surface area contributed by atoms with Crippen LogP contribution in [0.25, 0.3) is 16.8 Å². The number of hydrogen-bond acceptors (Lipinski definition) is 9. The van der Waals surface area contributed by atoms with Gasteiger partial charge in [0.1, 0.15) is 17.8 Å². The van der Waals surface area contributed by atoms with Gasteiger partial charge in [-0.2, -0.15) is 22.0 Å². The van der Waals surface area contributed by atoms with E-state index in [1.54, 1.807) is 32.2 Å². The first kappa shape index (κ1) is 43.2. The molecular weight excluding hydrogens is 735 g/mol. The molecule has 4 aromatic rings. The average Bonchev–Trinajstić information content (AvgIpc) is 3.15. The van der Waals surface area contributed by atoms with Gasteiger partial charge in [0.25, 0.3) is 0 Å². The van der Waals surface area contributed by atoms with Gasteiger partial charge in [0.2, 0.25) is 0 Å². The number of fused-ring (bicyclic) bond motifs is 1. The van der Waals surface area contributed by atoms with E-state index in [0.717, 1.165) is 48.1 Å². The molecule has 0 radical (unpaired) electrons. The molecule has 0 aromatic heterocycles. The lowest BCUT2D eigenvalue weighted by Gasteiger charge is -2.23. The molecule has 288 valence electrons. The van der Waals surface area contributed by atoms with E-state index in [-0.39, 0.29) is 17.3 Å². The summed E-state index contributed by atoms with van der Waals surface area (Å²) in [6.07, 6.45) is -1.25. The van der Waals surface area contributed by atoms with E-state index < -0.39 is 40.2 Å². The summed E-state index contributed by atoms with van der Waals surface area (Å²) in [7, 11) is 2.98. The van der Waals surface area contributed by atoms with Gasteiger partial charge < -0.3 is 23.7 Å². The maximum absolute atomic E-state index is 14.2. The lowest BCUT2D eigenvalue weighted by Crippen LogP contribution is -2.34. The molecule has 0 N–H and O–H groups in total. The molecule has 0 bridgehead atoms. The fourth-order valence-electron chi connectivity index (χ4n) is 4.54. The largest absolute Gasteiger partial charge is 0.493 e. The number of rotatable bonds is 16. The molecule has 0 spiro atoms. The van der Waals surface area contributed by atoms with E-state index in [9.17, 15) is 36.3 Å². The maximum atomic E-state index is 14.2. The quantitative estimate of drug-likeness (QED) is 0.0210. The van der Waals surface area contributed by atoms with Crippen LogP contribution in [0.2, 0.25) is 0 Å². The fourth-order valence-corrected chi connectivity index (χ4v) is 5.44. The summed E-state index contributed by atoms with van der Waals surface area (Å²) >= 11 is 0.694. The number of aldehydes is 1. The molecule has 0 amide bonds. The number of methoxy groups -OCH3 is 2. The Kier molecular flexibility index (Phi) is 16.2. The van der Waals surface area contributed by atoms with Gasteiger partial charge in [-0.25, -0.2) is 9.59 Å². The molecule has 0 saturated heterocycles. The molecule has 54 heavy (non-hydrogen) atoms. The summed E-state index contributed by atoms with van der Waals surface area (Å²) in [5.41, 5.74) is 0.0654. The zero-order valence-corrected chi connectivity index (χ0v) is 30.8. The molecule has 0 fully saturated rings. The summed E-state index contributed by atoms with van der Waals surface area (Å²) in [5.74, 6) is -6.13. The van der Waals surface area contributed by atoms with Crippen LogP contribution >= 0.6 is 11.8 Å². The Morgan fingerprint density at radius 2 is 1.56 bits per heavy atom. The molecule has 0 aliphatic carbocycles.